The molecule has 9 heteroatoms. The highest BCUT2D eigenvalue weighted by Crippen LogP contribution is 2.41. The Bertz CT molecular complexity index is 1200. The Balaban J connectivity index is 1.86. The maximum Gasteiger partial charge on any atom is 0.288 e. The highest BCUT2D eigenvalue weighted by atomic mass is 19.1. The van der Waals surface area contributed by atoms with Crippen molar-refractivity contribution in [2.24, 2.45) is 0 Å². The fraction of sp³-hybridized carbons (Fsp3) is 0.0556. The molecule has 132 valence electrons. The molecule has 2 N–H and O–H groups in total. The van der Waals surface area contributed by atoms with Crippen molar-refractivity contribution >= 4 is 11.6 Å². The van der Waals surface area contributed by atoms with Gasteiger partial charge in [-0.1, -0.05) is 53.6 Å². The van der Waals surface area contributed by atoms with Crippen molar-refractivity contribution in [3.05, 3.63) is 81.9 Å². The van der Waals surface area contributed by atoms with Crippen LogP contribution in [0.1, 0.15) is 17.2 Å². The van der Waals surface area contributed by atoms with Crippen LogP contribution in [-0.4, -0.2) is 30.4 Å². The topological polar surface area (TPSA) is 101 Å². The number of H-pyrrole nitrogens is 1. The lowest BCUT2D eigenvalue weighted by molar-refractivity contribution is 0.527. The number of hydrogen-bond donors (Lipinski definition) is 2. The lowest BCUT2D eigenvalue weighted by Crippen LogP contribution is -2.29. The van der Waals surface area contributed by atoms with Gasteiger partial charge in [-0.2, -0.15) is 9.78 Å². The van der Waals surface area contributed by atoms with Gasteiger partial charge in [0, 0.05) is 16.7 Å². The Hall–Kier alpha value is -3.88. The van der Waals surface area contributed by atoms with Crippen LogP contribution in [0, 0.1) is 5.82 Å². The van der Waals surface area contributed by atoms with Crippen molar-refractivity contribution in [3.63, 3.8) is 0 Å². The third-order valence-electron chi connectivity index (χ3n) is 4.52. The molecule has 0 saturated heterocycles. The van der Waals surface area contributed by atoms with E-state index in [1.54, 1.807) is 18.2 Å². The fourth-order valence-corrected chi connectivity index (χ4v) is 3.34. The first-order valence-corrected chi connectivity index (χ1v) is 8.21. The lowest BCUT2D eigenvalue weighted by atomic mass is 9.92. The number of benzene rings is 2. The molecule has 0 radical (unpaired) electrons. The number of hydrogen-bond acceptors (Lipinski definition) is 6. The molecule has 4 aromatic rings. The predicted octanol–water partition coefficient (Wildman–Crippen LogP) is 2.26. The fourth-order valence-electron chi connectivity index (χ4n) is 3.34. The van der Waals surface area contributed by atoms with Crippen LogP contribution in [0.5, 0.6) is 0 Å². The molecule has 8 nitrogen and oxygen atoms in total. The zero-order valence-electron chi connectivity index (χ0n) is 13.8. The summed E-state index contributed by atoms with van der Waals surface area (Å²) in [5, 5.41) is 21.3. The predicted molar refractivity (Wildman–Crippen MR) is 95.0 cm³/mol. The summed E-state index contributed by atoms with van der Waals surface area (Å²) in [7, 11) is 0. The summed E-state index contributed by atoms with van der Waals surface area (Å²) < 4.78 is 16.1. The van der Waals surface area contributed by atoms with Crippen molar-refractivity contribution in [2.75, 3.05) is 5.32 Å². The number of halogens is 1. The molecule has 1 atom stereocenters. The van der Waals surface area contributed by atoms with E-state index in [1.807, 2.05) is 30.3 Å². The van der Waals surface area contributed by atoms with Gasteiger partial charge in [0.2, 0.25) is 5.95 Å². The average molecular weight is 361 g/mol. The number of nitrogens with one attached hydrogen (secondary N) is 2. The van der Waals surface area contributed by atoms with Gasteiger partial charge < -0.3 is 5.32 Å². The number of aromatic amines is 1. The van der Waals surface area contributed by atoms with Gasteiger partial charge >= 0.3 is 0 Å². The Morgan fingerprint density at radius 1 is 1.04 bits per heavy atom. The van der Waals surface area contributed by atoms with E-state index in [-0.39, 0.29) is 11.6 Å². The summed E-state index contributed by atoms with van der Waals surface area (Å²) in [6, 6.07) is 15.0. The van der Waals surface area contributed by atoms with Crippen molar-refractivity contribution in [1.29, 1.82) is 0 Å². The molecular formula is C18H12FN7O. The summed E-state index contributed by atoms with van der Waals surface area (Å²) in [6.07, 6.45) is 0. The highest BCUT2D eigenvalue weighted by molar-refractivity contribution is 5.75. The van der Waals surface area contributed by atoms with Crippen molar-refractivity contribution < 1.29 is 4.39 Å². The van der Waals surface area contributed by atoms with Crippen LogP contribution in [0.3, 0.4) is 0 Å². The minimum Gasteiger partial charge on any atom is -0.318 e. The molecule has 2 aromatic heterocycles. The molecule has 0 fully saturated rings. The number of anilines is 2. The van der Waals surface area contributed by atoms with E-state index in [9.17, 15) is 9.18 Å². The van der Waals surface area contributed by atoms with Gasteiger partial charge in [-0.15, -0.1) is 0 Å². The van der Waals surface area contributed by atoms with Crippen molar-refractivity contribution in [2.45, 2.75) is 6.04 Å². The normalized spacial score (nSPS) is 14.9. The monoisotopic (exact) mass is 361 g/mol. The van der Waals surface area contributed by atoms with E-state index >= 15 is 0 Å². The van der Waals surface area contributed by atoms with Gasteiger partial charge in [0.05, 0.1) is 5.69 Å². The quantitative estimate of drug-likeness (QED) is 0.500. The second kappa shape index (κ2) is 5.84. The molecule has 0 bridgehead atoms. The van der Waals surface area contributed by atoms with Gasteiger partial charge in [-0.25, -0.2) is 9.49 Å². The van der Waals surface area contributed by atoms with Crippen LogP contribution in [0.15, 0.2) is 59.4 Å². The third kappa shape index (κ3) is 2.32. The summed E-state index contributed by atoms with van der Waals surface area (Å²) >= 11 is 0. The van der Waals surface area contributed by atoms with Gasteiger partial charge in [0.1, 0.15) is 17.5 Å². The molecule has 1 aliphatic rings. The van der Waals surface area contributed by atoms with E-state index in [4.69, 9.17) is 0 Å². The van der Waals surface area contributed by atoms with Crippen LogP contribution in [0.2, 0.25) is 0 Å². The summed E-state index contributed by atoms with van der Waals surface area (Å²) in [4.78, 5) is 12.5. The molecule has 2 aromatic carbocycles. The van der Waals surface area contributed by atoms with Crippen LogP contribution >= 0.6 is 0 Å². The van der Waals surface area contributed by atoms with Gasteiger partial charge in [-0.05, 0) is 16.5 Å². The standard InChI is InChI=1S/C18H12FN7O/c19-12-9-5-4-8-11(12)16-13-14(10-6-2-1-3-7-10)21-22-17(27)15(13)20-18-23-24-25-26(16)18/h1-9,16H,(H,22,27)(H,20,23,25)/t16-/m1/s1. The second-order valence-corrected chi connectivity index (χ2v) is 6.05. The molecule has 0 spiro atoms. The summed E-state index contributed by atoms with van der Waals surface area (Å²) in [6.45, 7) is 0. The molecule has 0 unspecified atom stereocenters. The molecule has 0 saturated carbocycles. The molecule has 27 heavy (non-hydrogen) atoms. The third-order valence-corrected chi connectivity index (χ3v) is 4.52. The van der Waals surface area contributed by atoms with Crippen molar-refractivity contribution in [1.82, 2.24) is 30.4 Å². The van der Waals surface area contributed by atoms with Crippen LogP contribution in [-0.2, 0) is 0 Å². The van der Waals surface area contributed by atoms with Gasteiger partial charge in [0.15, 0.2) is 0 Å². The van der Waals surface area contributed by atoms with Gasteiger partial charge in [0.25, 0.3) is 5.56 Å². The first-order valence-electron chi connectivity index (χ1n) is 8.21. The van der Waals surface area contributed by atoms with Crippen LogP contribution < -0.4 is 10.9 Å². The summed E-state index contributed by atoms with van der Waals surface area (Å²) in [5.74, 6) is -0.164. The molecule has 0 amide bonds. The smallest absolute Gasteiger partial charge is 0.288 e. The Labute approximate surface area is 151 Å². The van der Waals surface area contributed by atoms with E-state index in [1.165, 1.54) is 10.7 Å². The maximum absolute atomic E-state index is 14.7. The maximum atomic E-state index is 14.7. The molecule has 3 heterocycles. The van der Waals surface area contributed by atoms with Crippen molar-refractivity contribution in [3.8, 4) is 11.3 Å². The Kier molecular flexibility index (Phi) is 3.32. The summed E-state index contributed by atoms with van der Waals surface area (Å²) in [5.41, 5.74) is 1.98. The number of rotatable bonds is 2. The first kappa shape index (κ1) is 15.4. The lowest BCUT2D eigenvalue weighted by Gasteiger charge is -2.28. The second-order valence-electron chi connectivity index (χ2n) is 6.05. The Morgan fingerprint density at radius 3 is 2.63 bits per heavy atom. The van der Waals surface area contributed by atoms with Crippen LogP contribution in [0.25, 0.3) is 11.3 Å². The average Bonchev–Trinajstić information content (AvgIpc) is 3.17. The zero-order valence-corrected chi connectivity index (χ0v) is 13.8. The SMILES string of the molecule is O=c1[nH]nc(-c2ccccc2)c2c1Nc1nnnn1[C@@H]2c1ccccc1F. The van der Waals surface area contributed by atoms with E-state index in [0.29, 0.717) is 16.8 Å². The minimum atomic E-state index is -0.738. The molecule has 5 rings (SSSR count). The number of tetrazole rings is 1. The Morgan fingerprint density at radius 2 is 1.81 bits per heavy atom. The molecular weight excluding hydrogens is 349 g/mol. The van der Waals surface area contributed by atoms with Gasteiger partial charge in [-0.3, -0.25) is 4.79 Å². The number of fused-ring (bicyclic) bond motifs is 2. The zero-order chi connectivity index (χ0) is 18.4. The minimum absolute atomic E-state index is 0.249. The number of aromatic nitrogens is 6. The number of nitrogens with zero attached hydrogens (tertiary/aromatic N) is 5. The molecule has 0 aliphatic carbocycles. The molecule has 1 aliphatic heterocycles. The van der Waals surface area contributed by atoms with E-state index in [2.05, 4.69) is 31.0 Å². The highest BCUT2D eigenvalue weighted by Gasteiger charge is 2.35. The van der Waals surface area contributed by atoms with Crippen LogP contribution in [0.4, 0.5) is 16.0 Å². The van der Waals surface area contributed by atoms with E-state index in [0.717, 1.165) is 5.56 Å². The van der Waals surface area contributed by atoms with E-state index < -0.39 is 17.4 Å². The first-order chi connectivity index (χ1) is 13.2. The largest absolute Gasteiger partial charge is 0.318 e.